The summed E-state index contributed by atoms with van der Waals surface area (Å²) in [5, 5.41) is 2.81. The molecule has 6 heteroatoms. The highest BCUT2D eigenvalue weighted by Crippen LogP contribution is 2.35. The van der Waals surface area contributed by atoms with Gasteiger partial charge in [0.1, 0.15) is 11.9 Å². The van der Waals surface area contributed by atoms with Gasteiger partial charge >= 0.3 is 0 Å². The summed E-state index contributed by atoms with van der Waals surface area (Å²) in [6, 6.07) is 14.4. The predicted octanol–water partition coefficient (Wildman–Crippen LogP) is 3.57. The molecule has 2 atom stereocenters. The molecule has 0 unspecified atom stereocenters. The number of likely N-dealkylation sites (tertiary alicyclic amines) is 1. The molecule has 164 valence electrons. The molecule has 5 nitrogen and oxygen atoms in total. The van der Waals surface area contributed by atoms with Crippen LogP contribution in [-0.4, -0.2) is 49.6 Å². The first-order chi connectivity index (χ1) is 15.0. The van der Waals surface area contributed by atoms with Crippen LogP contribution < -0.4 is 5.32 Å². The predicted molar refractivity (Wildman–Crippen MR) is 117 cm³/mol. The summed E-state index contributed by atoms with van der Waals surface area (Å²) >= 11 is 0. The summed E-state index contributed by atoms with van der Waals surface area (Å²) < 4.78 is 19.7. The molecule has 0 radical (unpaired) electrons. The molecule has 2 amide bonds. The second-order valence-electron chi connectivity index (χ2n) is 8.58. The van der Waals surface area contributed by atoms with Crippen molar-refractivity contribution in [3.8, 4) is 11.1 Å². The number of benzene rings is 2. The topological polar surface area (TPSA) is 58.6 Å². The van der Waals surface area contributed by atoms with E-state index < -0.39 is 5.41 Å². The standard InChI is InChI=1S/C25H29FN2O3/c1-27-24(30)25(13-5-14-28(17-25)23(29)22-8-4-15-31-22)16-18-9-11-19(12-10-18)20-6-2-3-7-21(20)26/h2-3,6-7,9-12,22H,4-5,8,13-17H2,1H3,(H,27,30)/t22-,25-/m0/s1. The molecule has 4 rings (SSSR count). The third-order valence-corrected chi connectivity index (χ3v) is 6.48. The number of hydrogen-bond acceptors (Lipinski definition) is 3. The number of nitrogens with zero attached hydrogens (tertiary/aromatic N) is 1. The molecule has 0 aliphatic carbocycles. The van der Waals surface area contributed by atoms with Crippen LogP contribution in [0.2, 0.25) is 0 Å². The molecule has 2 fully saturated rings. The van der Waals surface area contributed by atoms with Crippen molar-refractivity contribution < 1.29 is 18.7 Å². The second-order valence-corrected chi connectivity index (χ2v) is 8.58. The molecule has 2 aromatic rings. The summed E-state index contributed by atoms with van der Waals surface area (Å²) in [6.45, 7) is 1.67. The average Bonchev–Trinajstić information content (AvgIpc) is 3.34. The molecular weight excluding hydrogens is 395 g/mol. The SMILES string of the molecule is CNC(=O)[C@]1(Cc2ccc(-c3ccccc3F)cc2)CCCN(C(=O)[C@@H]2CCCO2)C1. The highest BCUT2D eigenvalue weighted by Gasteiger charge is 2.44. The quantitative estimate of drug-likeness (QED) is 0.798. The van der Waals surface area contributed by atoms with Crippen molar-refractivity contribution in [1.29, 1.82) is 0 Å². The summed E-state index contributed by atoms with van der Waals surface area (Å²) in [6.07, 6.45) is 3.30. The zero-order valence-corrected chi connectivity index (χ0v) is 17.9. The van der Waals surface area contributed by atoms with E-state index in [1.807, 2.05) is 35.2 Å². The Morgan fingerprint density at radius 1 is 1.16 bits per heavy atom. The Balaban J connectivity index is 1.54. The van der Waals surface area contributed by atoms with Crippen LogP contribution in [0.3, 0.4) is 0 Å². The highest BCUT2D eigenvalue weighted by atomic mass is 19.1. The fourth-order valence-electron chi connectivity index (χ4n) is 4.86. The Morgan fingerprint density at radius 3 is 2.61 bits per heavy atom. The molecule has 2 saturated heterocycles. The molecule has 2 aliphatic heterocycles. The number of halogens is 1. The zero-order chi connectivity index (χ0) is 21.8. The third-order valence-electron chi connectivity index (χ3n) is 6.48. The van der Waals surface area contributed by atoms with Gasteiger partial charge in [-0.25, -0.2) is 4.39 Å². The van der Waals surface area contributed by atoms with Gasteiger partial charge in [0.2, 0.25) is 5.91 Å². The van der Waals surface area contributed by atoms with E-state index in [0.717, 1.165) is 36.8 Å². The molecule has 2 aromatic carbocycles. The molecule has 0 bridgehead atoms. The lowest BCUT2D eigenvalue weighted by Gasteiger charge is -2.42. The van der Waals surface area contributed by atoms with E-state index in [0.29, 0.717) is 31.7 Å². The maximum atomic E-state index is 14.1. The minimum absolute atomic E-state index is 0.000351. The van der Waals surface area contributed by atoms with Crippen LogP contribution in [0.25, 0.3) is 11.1 Å². The van der Waals surface area contributed by atoms with Crippen molar-refractivity contribution in [3.05, 3.63) is 59.9 Å². The van der Waals surface area contributed by atoms with Gasteiger partial charge in [0.05, 0.1) is 5.41 Å². The van der Waals surface area contributed by atoms with Crippen LogP contribution >= 0.6 is 0 Å². The number of hydrogen-bond donors (Lipinski definition) is 1. The van der Waals surface area contributed by atoms with Gasteiger partial charge in [-0.3, -0.25) is 9.59 Å². The molecule has 31 heavy (non-hydrogen) atoms. The van der Waals surface area contributed by atoms with E-state index in [1.165, 1.54) is 6.07 Å². The number of rotatable bonds is 5. The van der Waals surface area contributed by atoms with E-state index in [-0.39, 0.29) is 23.7 Å². The largest absolute Gasteiger partial charge is 0.368 e. The van der Waals surface area contributed by atoms with Gasteiger partial charge in [-0.15, -0.1) is 0 Å². The number of carbonyl (C=O) groups excluding carboxylic acids is 2. The zero-order valence-electron chi connectivity index (χ0n) is 17.9. The van der Waals surface area contributed by atoms with Gasteiger partial charge in [-0.1, -0.05) is 42.5 Å². The lowest BCUT2D eigenvalue weighted by molar-refractivity contribution is -0.148. The minimum atomic E-state index is -0.680. The smallest absolute Gasteiger partial charge is 0.251 e. The first-order valence-corrected chi connectivity index (χ1v) is 11.0. The lowest BCUT2D eigenvalue weighted by atomic mass is 9.74. The van der Waals surface area contributed by atoms with Crippen molar-refractivity contribution >= 4 is 11.8 Å². The maximum Gasteiger partial charge on any atom is 0.251 e. The molecule has 0 saturated carbocycles. The van der Waals surface area contributed by atoms with Gasteiger partial charge < -0.3 is 15.0 Å². The van der Waals surface area contributed by atoms with E-state index in [9.17, 15) is 14.0 Å². The van der Waals surface area contributed by atoms with Gasteiger partial charge in [0.25, 0.3) is 5.91 Å². The van der Waals surface area contributed by atoms with Gasteiger partial charge in [0.15, 0.2) is 0 Å². The Labute approximate surface area is 182 Å². The normalized spacial score (nSPS) is 23.5. The maximum absolute atomic E-state index is 14.1. The number of nitrogens with one attached hydrogen (secondary N) is 1. The highest BCUT2D eigenvalue weighted by molar-refractivity contribution is 5.86. The summed E-state index contributed by atoms with van der Waals surface area (Å²) in [5.74, 6) is -0.302. The van der Waals surface area contributed by atoms with Crippen molar-refractivity contribution in [2.75, 3.05) is 26.7 Å². The fourth-order valence-corrected chi connectivity index (χ4v) is 4.86. The molecule has 1 N–H and O–H groups in total. The average molecular weight is 425 g/mol. The first-order valence-electron chi connectivity index (χ1n) is 11.0. The van der Waals surface area contributed by atoms with Crippen LogP contribution in [0.4, 0.5) is 4.39 Å². The summed E-state index contributed by atoms with van der Waals surface area (Å²) in [5.41, 5.74) is 1.67. The Hall–Kier alpha value is -2.73. The first kappa shape index (κ1) is 21.5. The number of piperidine rings is 1. The van der Waals surface area contributed by atoms with Crippen LogP contribution in [0, 0.1) is 11.2 Å². The van der Waals surface area contributed by atoms with Crippen molar-refractivity contribution in [1.82, 2.24) is 10.2 Å². The molecule has 2 aliphatic rings. The van der Waals surface area contributed by atoms with E-state index in [4.69, 9.17) is 4.74 Å². The monoisotopic (exact) mass is 424 g/mol. The van der Waals surface area contributed by atoms with E-state index in [1.54, 1.807) is 19.2 Å². The van der Waals surface area contributed by atoms with Crippen LogP contribution in [0.5, 0.6) is 0 Å². The van der Waals surface area contributed by atoms with E-state index >= 15 is 0 Å². The number of ether oxygens (including phenoxy) is 1. The van der Waals surface area contributed by atoms with Crippen LogP contribution in [0.15, 0.2) is 48.5 Å². The van der Waals surface area contributed by atoms with E-state index in [2.05, 4.69) is 5.32 Å². The number of carbonyl (C=O) groups is 2. The molecule has 0 aromatic heterocycles. The van der Waals surface area contributed by atoms with Crippen molar-refractivity contribution in [3.63, 3.8) is 0 Å². The van der Waals surface area contributed by atoms with Crippen LogP contribution in [-0.2, 0) is 20.7 Å². The molecular formula is C25H29FN2O3. The summed E-state index contributed by atoms with van der Waals surface area (Å²) in [7, 11) is 1.65. The summed E-state index contributed by atoms with van der Waals surface area (Å²) in [4.78, 5) is 27.7. The van der Waals surface area contributed by atoms with Gasteiger partial charge in [-0.2, -0.15) is 0 Å². The Morgan fingerprint density at radius 2 is 1.94 bits per heavy atom. The van der Waals surface area contributed by atoms with Crippen molar-refractivity contribution in [2.45, 2.75) is 38.2 Å². The lowest BCUT2D eigenvalue weighted by Crippen LogP contribution is -2.55. The number of amides is 2. The molecule has 2 heterocycles. The Kier molecular flexibility index (Phi) is 6.37. The molecule has 0 spiro atoms. The third kappa shape index (κ3) is 4.49. The minimum Gasteiger partial charge on any atom is -0.368 e. The Bertz CT molecular complexity index is 940. The van der Waals surface area contributed by atoms with Crippen LogP contribution in [0.1, 0.15) is 31.2 Å². The van der Waals surface area contributed by atoms with Crippen molar-refractivity contribution in [2.24, 2.45) is 5.41 Å². The van der Waals surface area contributed by atoms with Gasteiger partial charge in [-0.05, 0) is 49.3 Å². The van der Waals surface area contributed by atoms with Gasteiger partial charge in [0, 0.05) is 32.3 Å². The fraction of sp³-hybridized carbons (Fsp3) is 0.440. The second kappa shape index (κ2) is 9.18.